The molecular weight excluding hydrogens is 290 g/mol. The predicted octanol–water partition coefficient (Wildman–Crippen LogP) is 2.64. The highest BCUT2D eigenvalue weighted by Crippen LogP contribution is 2.22. The van der Waals surface area contributed by atoms with E-state index in [1.165, 1.54) is 18.6 Å². The summed E-state index contributed by atoms with van der Waals surface area (Å²) in [4.78, 5) is 19.9. The number of aromatic nitrogens is 2. The van der Waals surface area contributed by atoms with Gasteiger partial charge in [-0.25, -0.2) is 4.98 Å². The molecule has 2 rings (SSSR count). The minimum Gasteiger partial charge on any atom is -0.375 e. The summed E-state index contributed by atoms with van der Waals surface area (Å²) in [5.74, 6) is -0.286. The zero-order chi connectivity index (χ0) is 15.2. The van der Waals surface area contributed by atoms with Crippen molar-refractivity contribution in [1.82, 2.24) is 15.3 Å². The number of carbonyl (C=O) groups excluding carboxylic acids is 1. The van der Waals surface area contributed by atoms with Crippen LogP contribution in [0.2, 0.25) is 5.02 Å². The van der Waals surface area contributed by atoms with Gasteiger partial charge >= 0.3 is 0 Å². The van der Waals surface area contributed by atoms with Gasteiger partial charge in [0.15, 0.2) is 0 Å². The van der Waals surface area contributed by atoms with E-state index in [-0.39, 0.29) is 23.7 Å². The molecule has 0 bridgehead atoms. The lowest BCUT2D eigenvalue weighted by Gasteiger charge is -2.24. The molecule has 0 spiro atoms. The maximum Gasteiger partial charge on any atom is 0.271 e. The Bertz CT molecular complexity index is 590. The first-order chi connectivity index (χ1) is 10.1. The first-order valence-corrected chi connectivity index (χ1v) is 6.84. The van der Waals surface area contributed by atoms with Crippen LogP contribution in [0.25, 0.3) is 0 Å². The maximum absolute atomic E-state index is 12.1. The molecule has 0 radical (unpaired) electrons. The van der Waals surface area contributed by atoms with Crippen LogP contribution in [-0.4, -0.2) is 29.0 Å². The van der Waals surface area contributed by atoms with E-state index in [0.29, 0.717) is 5.02 Å². The molecule has 5 nitrogen and oxygen atoms in total. The first kappa shape index (κ1) is 15.4. The Kier molecular flexibility index (Phi) is 5.25. The van der Waals surface area contributed by atoms with Crippen LogP contribution in [0.3, 0.4) is 0 Å². The van der Waals surface area contributed by atoms with Gasteiger partial charge in [-0.2, -0.15) is 0 Å². The topological polar surface area (TPSA) is 64.1 Å². The highest BCUT2D eigenvalue weighted by molar-refractivity contribution is 6.30. The van der Waals surface area contributed by atoms with Gasteiger partial charge in [0.05, 0.1) is 12.2 Å². The van der Waals surface area contributed by atoms with Gasteiger partial charge in [0, 0.05) is 24.5 Å². The summed E-state index contributed by atoms with van der Waals surface area (Å²) in [5.41, 5.74) is 1.21. The van der Waals surface area contributed by atoms with Crippen molar-refractivity contribution in [2.75, 3.05) is 7.11 Å². The normalized spacial score (nSPS) is 13.5. The summed E-state index contributed by atoms with van der Waals surface area (Å²) in [6.07, 6.45) is 4.15. The molecule has 0 fully saturated rings. The summed E-state index contributed by atoms with van der Waals surface area (Å²) < 4.78 is 5.48. The molecule has 6 heteroatoms. The molecule has 110 valence electrons. The summed E-state index contributed by atoms with van der Waals surface area (Å²) in [6.45, 7) is 1.87. The van der Waals surface area contributed by atoms with E-state index in [2.05, 4.69) is 15.3 Å². The quantitative estimate of drug-likeness (QED) is 0.922. The van der Waals surface area contributed by atoms with Crippen LogP contribution in [0, 0.1) is 0 Å². The number of rotatable bonds is 5. The third kappa shape index (κ3) is 4.00. The maximum atomic E-state index is 12.1. The number of benzene rings is 1. The van der Waals surface area contributed by atoms with E-state index in [9.17, 15) is 4.79 Å². The number of halogens is 1. The van der Waals surface area contributed by atoms with Gasteiger partial charge in [-0.15, -0.1) is 0 Å². The van der Waals surface area contributed by atoms with Crippen molar-refractivity contribution in [1.29, 1.82) is 0 Å². The Balaban J connectivity index is 2.08. The number of methoxy groups -OCH3 is 1. The van der Waals surface area contributed by atoms with Crippen LogP contribution in [-0.2, 0) is 4.74 Å². The van der Waals surface area contributed by atoms with Gasteiger partial charge in [-0.3, -0.25) is 9.78 Å². The molecule has 1 amide bonds. The van der Waals surface area contributed by atoms with Gasteiger partial charge < -0.3 is 10.1 Å². The fourth-order valence-electron chi connectivity index (χ4n) is 2.05. The van der Waals surface area contributed by atoms with E-state index in [1.807, 2.05) is 19.1 Å². The lowest BCUT2D eigenvalue weighted by molar-refractivity contribution is 0.0642. The van der Waals surface area contributed by atoms with Crippen LogP contribution < -0.4 is 5.32 Å². The van der Waals surface area contributed by atoms with Gasteiger partial charge in [0.2, 0.25) is 0 Å². The molecular formula is C15H16ClN3O2. The molecule has 2 aromatic rings. The van der Waals surface area contributed by atoms with Crippen molar-refractivity contribution in [3.63, 3.8) is 0 Å². The molecule has 21 heavy (non-hydrogen) atoms. The van der Waals surface area contributed by atoms with Crippen molar-refractivity contribution in [2.24, 2.45) is 0 Å². The molecule has 1 aromatic carbocycles. The van der Waals surface area contributed by atoms with Crippen LogP contribution in [0.15, 0.2) is 42.9 Å². The third-order valence-corrected chi connectivity index (χ3v) is 3.31. The second-order valence-electron chi connectivity index (χ2n) is 4.56. The van der Waals surface area contributed by atoms with E-state index in [0.717, 1.165) is 5.56 Å². The summed E-state index contributed by atoms with van der Waals surface area (Å²) in [5, 5.41) is 3.52. The lowest BCUT2D eigenvalue weighted by atomic mass is 10.0. The Morgan fingerprint density at radius 3 is 2.57 bits per heavy atom. The highest BCUT2D eigenvalue weighted by atomic mass is 35.5. The van der Waals surface area contributed by atoms with Crippen molar-refractivity contribution in [3.8, 4) is 0 Å². The van der Waals surface area contributed by atoms with Gasteiger partial charge in [-0.05, 0) is 24.6 Å². The zero-order valence-electron chi connectivity index (χ0n) is 11.8. The second-order valence-corrected chi connectivity index (χ2v) is 5.00. The monoisotopic (exact) mass is 305 g/mol. The number of amides is 1. The van der Waals surface area contributed by atoms with Crippen LogP contribution in [0.4, 0.5) is 0 Å². The number of hydrogen-bond acceptors (Lipinski definition) is 4. The molecule has 0 saturated heterocycles. The van der Waals surface area contributed by atoms with Crippen molar-refractivity contribution in [3.05, 3.63) is 59.1 Å². The fourth-order valence-corrected chi connectivity index (χ4v) is 2.18. The van der Waals surface area contributed by atoms with Gasteiger partial charge in [0.1, 0.15) is 11.8 Å². The molecule has 0 aliphatic heterocycles. The lowest BCUT2D eigenvalue weighted by Crippen LogP contribution is -2.38. The molecule has 0 aliphatic carbocycles. The summed E-state index contributed by atoms with van der Waals surface area (Å²) in [6, 6.07) is 7.11. The third-order valence-electron chi connectivity index (χ3n) is 3.06. The standard InChI is InChI=1S/C15H16ClN3O2/c1-10(19-15(20)13-9-17-7-8-18-13)14(21-2)11-3-5-12(16)6-4-11/h3-10,14H,1-2H3,(H,19,20)/t10-,14+/m1/s1. The average Bonchev–Trinajstić information content (AvgIpc) is 2.50. The molecule has 0 saturated carbocycles. The van der Waals surface area contributed by atoms with Crippen LogP contribution in [0.5, 0.6) is 0 Å². The smallest absolute Gasteiger partial charge is 0.271 e. The van der Waals surface area contributed by atoms with Crippen LogP contribution in [0.1, 0.15) is 29.1 Å². The molecule has 0 unspecified atom stereocenters. The zero-order valence-corrected chi connectivity index (χ0v) is 12.5. The van der Waals surface area contributed by atoms with Gasteiger partial charge in [0.25, 0.3) is 5.91 Å². The van der Waals surface area contributed by atoms with E-state index >= 15 is 0 Å². The second kappa shape index (κ2) is 7.15. The Hall–Kier alpha value is -1.98. The number of ether oxygens (including phenoxy) is 1. The highest BCUT2D eigenvalue weighted by Gasteiger charge is 2.21. The average molecular weight is 306 g/mol. The number of nitrogens with zero attached hydrogens (tertiary/aromatic N) is 2. The molecule has 1 heterocycles. The van der Waals surface area contributed by atoms with Crippen LogP contribution >= 0.6 is 11.6 Å². The fraction of sp³-hybridized carbons (Fsp3) is 0.267. The SMILES string of the molecule is CO[C@H](c1ccc(Cl)cc1)[C@@H](C)NC(=O)c1cnccn1. The molecule has 1 N–H and O–H groups in total. The Morgan fingerprint density at radius 2 is 2.00 bits per heavy atom. The van der Waals surface area contributed by atoms with Crippen molar-refractivity contribution in [2.45, 2.75) is 19.1 Å². The minimum atomic E-state index is -0.286. The molecule has 1 aromatic heterocycles. The first-order valence-electron chi connectivity index (χ1n) is 6.47. The minimum absolute atomic E-state index is 0.231. The number of nitrogens with one attached hydrogen (secondary N) is 1. The van der Waals surface area contributed by atoms with Crippen molar-refractivity contribution < 1.29 is 9.53 Å². The van der Waals surface area contributed by atoms with E-state index < -0.39 is 0 Å². The van der Waals surface area contributed by atoms with Gasteiger partial charge in [-0.1, -0.05) is 23.7 Å². The Labute approximate surface area is 128 Å². The largest absolute Gasteiger partial charge is 0.375 e. The van der Waals surface area contributed by atoms with Crippen molar-refractivity contribution >= 4 is 17.5 Å². The summed E-state index contributed by atoms with van der Waals surface area (Å²) in [7, 11) is 1.60. The molecule has 0 aliphatic rings. The predicted molar refractivity (Wildman–Crippen MR) is 80.2 cm³/mol. The summed E-state index contributed by atoms with van der Waals surface area (Å²) >= 11 is 5.88. The molecule has 2 atom stereocenters. The van der Waals surface area contributed by atoms with E-state index in [1.54, 1.807) is 19.2 Å². The van der Waals surface area contributed by atoms with E-state index in [4.69, 9.17) is 16.3 Å². The number of carbonyl (C=O) groups is 1. The number of hydrogen-bond donors (Lipinski definition) is 1. The Morgan fingerprint density at radius 1 is 1.29 bits per heavy atom.